The summed E-state index contributed by atoms with van der Waals surface area (Å²) in [6.45, 7) is 15.0. The van der Waals surface area contributed by atoms with Gasteiger partial charge in [-0.05, 0) is 51.0 Å². The van der Waals surface area contributed by atoms with E-state index in [1.165, 1.54) is 4.68 Å². The van der Waals surface area contributed by atoms with Crippen molar-refractivity contribution in [2.24, 2.45) is 0 Å². The quantitative estimate of drug-likeness (QED) is 0.333. The molecular weight excluding hydrogens is 407 g/mol. The Morgan fingerprint density at radius 1 is 1.23 bits per heavy atom. The lowest BCUT2D eigenvalue weighted by molar-refractivity contribution is -0.386. The van der Waals surface area contributed by atoms with Crippen LogP contribution < -0.4 is 4.74 Å². The average molecular weight is 439 g/mol. The van der Waals surface area contributed by atoms with Gasteiger partial charge in [0, 0.05) is 5.69 Å². The number of pyridine rings is 1. The summed E-state index contributed by atoms with van der Waals surface area (Å²) < 4.78 is 27.1. The van der Waals surface area contributed by atoms with Crippen molar-refractivity contribution >= 4 is 14.0 Å². The van der Waals surface area contributed by atoms with Crippen LogP contribution in [0, 0.1) is 30.9 Å². The first-order valence-electron chi connectivity index (χ1n) is 9.84. The zero-order valence-corrected chi connectivity index (χ0v) is 19.9. The summed E-state index contributed by atoms with van der Waals surface area (Å²) in [5.41, 5.74) is 2.11. The molecule has 0 spiro atoms. The first-order chi connectivity index (χ1) is 13.7. The molecule has 0 saturated carbocycles. The van der Waals surface area contributed by atoms with Gasteiger partial charge in [0.2, 0.25) is 0 Å². The number of ether oxygens (including phenoxy) is 1. The number of halogens is 1. The fraction of sp³-hybridized carbons (Fsp3) is 0.600. The normalized spacial score (nSPS) is 13.4. The summed E-state index contributed by atoms with van der Waals surface area (Å²) >= 11 is 0. The Kier molecular flexibility index (Phi) is 7.03. The maximum Gasteiger partial charge on any atom is 0.353 e. The third kappa shape index (κ3) is 5.23. The molecule has 2 aromatic rings. The molecule has 30 heavy (non-hydrogen) atoms. The lowest BCUT2D eigenvalue weighted by atomic mass is 10.2. The standard InChI is InChI=1S/C20H31FN4O4Si/c1-13-9-10-17(14(2)22-13)24-15(3)18(25(26)27)19(23-24)28-11-16(21)12-29-30(7,8)20(4,5)6/h9-10,16H,11-12H2,1-8H3. The zero-order valence-electron chi connectivity index (χ0n) is 18.9. The van der Waals surface area contributed by atoms with Crippen LogP contribution in [-0.2, 0) is 4.43 Å². The largest absolute Gasteiger partial charge is 0.469 e. The Labute approximate surface area is 177 Å². The van der Waals surface area contributed by atoms with E-state index in [2.05, 4.69) is 30.9 Å². The van der Waals surface area contributed by atoms with Crippen LogP contribution in [0.4, 0.5) is 10.1 Å². The van der Waals surface area contributed by atoms with Gasteiger partial charge in [0.15, 0.2) is 14.5 Å². The molecular formula is C20H31FN4O4Si. The summed E-state index contributed by atoms with van der Waals surface area (Å²) in [6.07, 6.45) is -1.42. The molecule has 2 heterocycles. The third-order valence-corrected chi connectivity index (χ3v) is 9.99. The fourth-order valence-electron chi connectivity index (χ4n) is 2.65. The molecule has 10 heteroatoms. The summed E-state index contributed by atoms with van der Waals surface area (Å²) in [5, 5.41) is 15.8. The molecule has 0 aliphatic rings. The highest BCUT2D eigenvalue weighted by molar-refractivity contribution is 6.74. The minimum absolute atomic E-state index is 0.0395. The molecule has 1 unspecified atom stereocenters. The smallest absolute Gasteiger partial charge is 0.353 e. The fourth-order valence-corrected chi connectivity index (χ4v) is 3.68. The molecule has 8 nitrogen and oxygen atoms in total. The van der Waals surface area contributed by atoms with Gasteiger partial charge in [0.1, 0.15) is 12.3 Å². The van der Waals surface area contributed by atoms with E-state index in [1.807, 2.05) is 20.0 Å². The second kappa shape index (κ2) is 8.81. The van der Waals surface area contributed by atoms with Gasteiger partial charge in [0.25, 0.3) is 0 Å². The van der Waals surface area contributed by atoms with Crippen LogP contribution >= 0.6 is 0 Å². The number of rotatable bonds is 8. The summed E-state index contributed by atoms with van der Waals surface area (Å²) in [6, 6.07) is 3.59. The minimum atomic E-state index is -2.10. The molecule has 2 rings (SSSR count). The topological polar surface area (TPSA) is 92.3 Å². The van der Waals surface area contributed by atoms with Crippen LogP contribution in [0.25, 0.3) is 5.69 Å². The molecule has 0 fully saturated rings. The molecule has 0 aromatic carbocycles. The van der Waals surface area contributed by atoms with E-state index in [1.54, 1.807) is 26.0 Å². The van der Waals surface area contributed by atoms with E-state index in [0.717, 1.165) is 5.69 Å². The molecule has 0 saturated heterocycles. The highest BCUT2D eigenvalue weighted by Crippen LogP contribution is 2.37. The van der Waals surface area contributed by atoms with Gasteiger partial charge in [0.05, 0.1) is 22.9 Å². The van der Waals surface area contributed by atoms with E-state index in [9.17, 15) is 14.5 Å². The molecule has 1 atom stereocenters. The Morgan fingerprint density at radius 3 is 2.40 bits per heavy atom. The van der Waals surface area contributed by atoms with Crippen molar-refractivity contribution < 1.29 is 18.5 Å². The van der Waals surface area contributed by atoms with Gasteiger partial charge in [-0.25, -0.2) is 9.07 Å². The van der Waals surface area contributed by atoms with Gasteiger partial charge < -0.3 is 9.16 Å². The number of aryl methyl sites for hydroxylation is 2. The van der Waals surface area contributed by atoms with E-state index in [-0.39, 0.29) is 35.5 Å². The minimum Gasteiger partial charge on any atom is -0.469 e. The highest BCUT2D eigenvalue weighted by Gasteiger charge is 2.38. The summed E-state index contributed by atoms with van der Waals surface area (Å²) in [5.74, 6) is -0.215. The van der Waals surface area contributed by atoms with Crippen LogP contribution in [0.3, 0.4) is 0 Å². The number of aromatic nitrogens is 3. The van der Waals surface area contributed by atoms with Crippen molar-refractivity contribution in [2.75, 3.05) is 13.2 Å². The molecule has 0 aliphatic heterocycles. The maximum absolute atomic E-state index is 14.4. The van der Waals surface area contributed by atoms with E-state index >= 15 is 0 Å². The molecule has 0 bridgehead atoms. The van der Waals surface area contributed by atoms with Crippen molar-refractivity contribution in [3.8, 4) is 11.6 Å². The lowest BCUT2D eigenvalue weighted by Gasteiger charge is -2.36. The second-order valence-corrected chi connectivity index (χ2v) is 13.8. The van der Waals surface area contributed by atoms with Crippen molar-refractivity contribution in [1.82, 2.24) is 14.8 Å². The zero-order chi connectivity index (χ0) is 22.9. The Morgan fingerprint density at radius 2 is 1.87 bits per heavy atom. The van der Waals surface area contributed by atoms with Crippen LogP contribution in [0.2, 0.25) is 18.1 Å². The Bertz CT molecular complexity index is 924. The lowest BCUT2D eigenvalue weighted by Crippen LogP contribution is -2.42. The van der Waals surface area contributed by atoms with Gasteiger partial charge in [-0.15, -0.1) is 5.10 Å². The van der Waals surface area contributed by atoms with E-state index in [4.69, 9.17) is 9.16 Å². The van der Waals surface area contributed by atoms with Crippen LogP contribution in [0.15, 0.2) is 12.1 Å². The molecule has 0 N–H and O–H groups in total. The van der Waals surface area contributed by atoms with Crippen molar-refractivity contribution in [1.29, 1.82) is 0 Å². The SMILES string of the molecule is Cc1ccc(-n2nc(OCC(F)CO[Si](C)(C)C(C)(C)C)c([N+](=O)[O-])c2C)c(C)n1. The van der Waals surface area contributed by atoms with Gasteiger partial charge in [-0.2, -0.15) is 0 Å². The Balaban J connectivity index is 2.19. The van der Waals surface area contributed by atoms with Gasteiger partial charge in [-0.1, -0.05) is 20.8 Å². The first kappa shape index (κ1) is 23.9. The number of hydrogen-bond acceptors (Lipinski definition) is 6. The Hall–Kier alpha value is -2.33. The number of alkyl halides is 1. The summed E-state index contributed by atoms with van der Waals surface area (Å²) in [7, 11) is -2.10. The molecule has 2 aromatic heterocycles. The van der Waals surface area contributed by atoms with Crippen molar-refractivity contribution in [3.05, 3.63) is 39.3 Å². The van der Waals surface area contributed by atoms with Crippen molar-refractivity contribution in [2.45, 2.75) is 65.8 Å². The molecule has 0 radical (unpaired) electrons. The van der Waals surface area contributed by atoms with Crippen LogP contribution in [0.1, 0.15) is 37.9 Å². The number of nitro groups is 1. The number of nitrogens with zero attached hydrogens (tertiary/aromatic N) is 4. The predicted octanol–water partition coefficient (Wildman–Crippen LogP) is 4.84. The first-order valence-corrected chi connectivity index (χ1v) is 12.7. The molecule has 0 aliphatic carbocycles. The molecule has 0 amide bonds. The third-order valence-electron chi connectivity index (χ3n) is 5.49. The number of hydrogen-bond donors (Lipinski definition) is 0. The van der Waals surface area contributed by atoms with Crippen LogP contribution in [0.5, 0.6) is 5.88 Å². The van der Waals surface area contributed by atoms with Crippen molar-refractivity contribution in [3.63, 3.8) is 0 Å². The molecule has 166 valence electrons. The van der Waals surface area contributed by atoms with Gasteiger partial charge in [-0.3, -0.25) is 15.1 Å². The predicted molar refractivity (Wildman–Crippen MR) is 116 cm³/mol. The monoisotopic (exact) mass is 438 g/mol. The van der Waals surface area contributed by atoms with Crippen LogP contribution in [-0.4, -0.2) is 47.4 Å². The van der Waals surface area contributed by atoms with E-state index < -0.39 is 19.4 Å². The summed E-state index contributed by atoms with van der Waals surface area (Å²) in [4.78, 5) is 15.4. The second-order valence-electron chi connectivity index (χ2n) is 8.94. The average Bonchev–Trinajstić information content (AvgIpc) is 2.93. The maximum atomic E-state index is 14.4. The van der Waals surface area contributed by atoms with E-state index in [0.29, 0.717) is 11.4 Å². The van der Waals surface area contributed by atoms with Gasteiger partial charge >= 0.3 is 11.6 Å². The highest BCUT2D eigenvalue weighted by atomic mass is 28.4.